The third-order valence-corrected chi connectivity index (χ3v) is 2.37. The topological polar surface area (TPSA) is 70.0 Å². The van der Waals surface area contributed by atoms with Gasteiger partial charge in [0.1, 0.15) is 11.6 Å². The Balaban J connectivity index is 3.14. The minimum Gasteiger partial charge on any atom is -0.506 e. The molecular formula is C9H8BrFN2O. The van der Waals surface area contributed by atoms with Crippen LogP contribution in [0.2, 0.25) is 0 Å². The van der Waals surface area contributed by atoms with Crippen LogP contribution in [0.4, 0.5) is 4.39 Å². The van der Waals surface area contributed by atoms with Crippen molar-refractivity contribution in [1.82, 2.24) is 0 Å². The first-order chi connectivity index (χ1) is 6.56. The van der Waals surface area contributed by atoms with E-state index in [1.54, 1.807) is 0 Å². The molecule has 5 heteroatoms. The molecule has 3 nitrogen and oxygen atoms in total. The number of phenols is 1. The highest BCUT2D eigenvalue weighted by molar-refractivity contribution is 9.10. The van der Waals surface area contributed by atoms with Gasteiger partial charge in [0, 0.05) is 11.6 Å². The van der Waals surface area contributed by atoms with Crippen molar-refractivity contribution in [2.75, 3.05) is 0 Å². The van der Waals surface area contributed by atoms with E-state index in [4.69, 9.17) is 11.0 Å². The van der Waals surface area contributed by atoms with E-state index in [2.05, 4.69) is 15.9 Å². The summed E-state index contributed by atoms with van der Waals surface area (Å²) in [5, 5.41) is 17.9. The lowest BCUT2D eigenvalue weighted by molar-refractivity contribution is 0.455. The lowest BCUT2D eigenvalue weighted by atomic mass is 10.0. The number of aromatic hydroxyl groups is 1. The Labute approximate surface area is 89.1 Å². The average Bonchev–Trinajstić information content (AvgIpc) is 2.11. The van der Waals surface area contributed by atoms with Gasteiger partial charge >= 0.3 is 0 Å². The normalized spacial score (nSPS) is 12.1. The van der Waals surface area contributed by atoms with Gasteiger partial charge in [0.05, 0.1) is 17.0 Å². The molecule has 0 aromatic heterocycles. The van der Waals surface area contributed by atoms with Crippen LogP contribution in [-0.2, 0) is 0 Å². The molecule has 0 radical (unpaired) electrons. The molecule has 0 saturated carbocycles. The molecule has 14 heavy (non-hydrogen) atoms. The Morgan fingerprint density at radius 1 is 1.64 bits per heavy atom. The minimum atomic E-state index is -0.674. The summed E-state index contributed by atoms with van der Waals surface area (Å²) >= 11 is 2.99. The minimum absolute atomic E-state index is 0.0312. The first-order valence-electron chi connectivity index (χ1n) is 3.86. The third kappa shape index (κ3) is 2.22. The number of benzene rings is 1. The molecule has 1 atom stereocenters. The van der Waals surface area contributed by atoms with E-state index < -0.39 is 11.9 Å². The second-order valence-electron chi connectivity index (χ2n) is 2.79. The maximum atomic E-state index is 12.9. The molecule has 1 rings (SSSR count). The summed E-state index contributed by atoms with van der Waals surface area (Å²) in [6, 6.07) is 3.45. The van der Waals surface area contributed by atoms with Gasteiger partial charge in [0.2, 0.25) is 0 Å². The third-order valence-electron chi connectivity index (χ3n) is 1.77. The van der Waals surface area contributed by atoms with Crippen molar-refractivity contribution in [1.29, 1.82) is 5.26 Å². The number of hydrogen-bond donors (Lipinski definition) is 2. The molecule has 74 valence electrons. The predicted octanol–water partition coefficient (Wildman–Crippen LogP) is 2.21. The molecule has 0 amide bonds. The van der Waals surface area contributed by atoms with Gasteiger partial charge in [-0.3, -0.25) is 0 Å². The number of rotatable bonds is 2. The van der Waals surface area contributed by atoms with Crippen molar-refractivity contribution in [3.05, 3.63) is 28.0 Å². The second kappa shape index (κ2) is 4.40. The van der Waals surface area contributed by atoms with Crippen molar-refractivity contribution in [2.45, 2.75) is 12.5 Å². The molecule has 0 fully saturated rings. The summed E-state index contributed by atoms with van der Waals surface area (Å²) in [6.45, 7) is 0. The number of nitriles is 1. The number of phenolic OH excluding ortho intramolecular Hbond substituents is 1. The molecule has 1 aromatic rings. The van der Waals surface area contributed by atoms with Crippen LogP contribution < -0.4 is 5.73 Å². The van der Waals surface area contributed by atoms with Crippen LogP contribution in [0.5, 0.6) is 5.75 Å². The highest BCUT2D eigenvalue weighted by atomic mass is 79.9. The van der Waals surface area contributed by atoms with E-state index in [0.29, 0.717) is 0 Å². The number of halogens is 2. The Morgan fingerprint density at radius 2 is 2.29 bits per heavy atom. The van der Waals surface area contributed by atoms with Crippen LogP contribution in [0.25, 0.3) is 0 Å². The standard InChI is InChI=1S/C9H8BrFN2O/c10-7-4-5(11)3-6(9(7)14)8(13)1-2-12/h3-4,8,14H,1,13H2. The zero-order valence-corrected chi connectivity index (χ0v) is 8.75. The lowest BCUT2D eigenvalue weighted by Gasteiger charge is -2.11. The van der Waals surface area contributed by atoms with Gasteiger partial charge in [0.25, 0.3) is 0 Å². The Hall–Kier alpha value is -1.12. The lowest BCUT2D eigenvalue weighted by Crippen LogP contribution is -2.10. The zero-order valence-electron chi connectivity index (χ0n) is 7.17. The average molecular weight is 259 g/mol. The summed E-state index contributed by atoms with van der Waals surface area (Å²) in [5.74, 6) is -0.618. The van der Waals surface area contributed by atoms with Crippen LogP contribution in [0.1, 0.15) is 18.0 Å². The second-order valence-corrected chi connectivity index (χ2v) is 3.65. The number of hydrogen-bond acceptors (Lipinski definition) is 3. The van der Waals surface area contributed by atoms with Crippen molar-refractivity contribution in [3.63, 3.8) is 0 Å². The summed E-state index contributed by atoms with van der Waals surface area (Å²) in [4.78, 5) is 0. The molecule has 1 unspecified atom stereocenters. The molecule has 0 spiro atoms. The van der Waals surface area contributed by atoms with Gasteiger partial charge in [-0.2, -0.15) is 5.26 Å². The Morgan fingerprint density at radius 3 is 2.86 bits per heavy atom. The van der Waals surface area contributed by atoms with Crippen LogP contribution >= 0.6 is 15.9 Å². The fourth-order valence-electron chi connectivity index (χ4n) is 1.08. The van der Waals surface area contributed by atoms with Gasteiger partial charge in [0.15, 0.2) is 0 Å². The highest BCUT2D eigenvalue weighted by Crippen LogP contribution is 2.32. The summed E-state index contributed by atoms with van der Waals surface area (Å²) in [7, 11) is 0. The maximum Gasteiger partial charge on any atom is 0.134 e. The van der Waals surface area contributed by atoms with E-state index in [1.807, 2.05) is 6.07 Å². The largest absolute Gasteiger partial charge is 0.506 e. The van der Waals surface area contributed by atoms with Gasteiger partial charge in [-0.15, -0.1) is 0 Å². The van der Waals surface area contributed by atoms with Gasteiger partial charge in [-0.25, -0.2) is 4.39 Å². The first-order valence-corrected chi connectivity index (χ1v) is 4.66. The fourth-order valence-corrected chi connectivity index (χ4v) is 1.52. The van der Waals surface area contributed by atoms with Crippen LogP contribution in [-0.4, -0.2) is 5.11 Å². The van der Waals surface area contributed by atoms with E-state index in [-0.39, 0.29) is 22.2 Å². The van der Waals surface area contributed by atoms with Crippen LogP contribution in [0.3, 0.4) is 0 Å². The molecule has 1 aromatic carbocycles. The molecule has 0 aliphatic heterocycles. The van der Waals surface area contributed by atoms with Gasteiger partial charge in [-0.1, -0.05) is 0 Å². The molecular weight excluding hydrogens is 251 g/mol. The molecule has 0 heterocycles. The molecule has 0 bridgehead atoms. The predicted molar refractivity (Wildman–Crippen MR) is 52.9 cm³/mol. The maximum absolute atomic E-state index is 12.9. The summed E-state index contributed by atoms with van der Waals surface area (Å²) in [5.41, 5.74) is 5.81. The van der Waals surface area contributed by atoms with Crippen LogP contribution in [0.15, 0.2) is 16.6 Å². The van der Waals surface area contributed by atoms with E-state index >= 15 is 0 Å². The highest BCUT2D eigenvalue weighted by Gasteiger charge is 2.14. The Bertz CT molecular complexity index is 389. The summed E-state index contributed by atoms with van der Waals surface area (Å²) < 4.78 is 13.2. The molecule has 0 saturated heterocycles. The van der Waals surface area contributed by atoms with Crippen molar-refractivity contribution in [2.24, 2.45) is 5.73 Å². The van der Waals surface area contributed by atoms with Crippen LogP contribution in [0, 0.1) is 17.1 Å². The Kier molecular flexibility index (Phi) is 3.44. The molecule has 0 aliphatic rings. The monoisotopic (exact) mass is 258 g/mol. The van der Waals surface area contributed by atoms with E-state index in [9.17, 15) is 9.50 Å². The van der Waals surface area contributed by atoms with E-state index in [0.717, 1.165) is 12.1 Å². The smallest absolute Gasteiger partial charge is 0.134 e. The van der Waals surface area contributed by atoms with Gasteiger partial charge in [-0.05, 0) is 28.1 Å². The number of nitrogens with two attached hydrogens (primary N) is 1. The number of nitrogens with zero attached hydrogens (tertiary/aromatic N) is 1. The first kappa shape index (κ1) is 11.0. The van der Waals surface area contributed by atoms with Crippen molar-refractivity contribution >= 4 is 15.9 Å². The van der Waals surface area contributed by atoms with E-state index in [1.165, 1.54) is 0 Å². The SMILES string of the molecule is N#CCC(N)c1cc(F)cc(Br)c1O. The molecule has 3 N–H and O–H groups in total. The van der Waals surface area contributed by atoms with Crippen molar-refractivity contribution < 1.29 is 9.50 Å². The fraction of sp³-hybridized carbons (Fsp3) is 0.222. The zero-order chi connectivity index (χ0) is 10.7. The van der Waals surface area contributed by atoms with Gasteiger partial charge < -0.3 is 10.8 Å². The summed E-state index contributed by atoms with van der Waals surface area (Å²) in [6.07, 6.45) is 0.0312. The van der Waals surface area contributed by atoms with Crippen molar-refractivity contribution in [3.8, 4) is 11.8 Å². The molecule has 0 aliphatic carbocycles. The quantitative estimate of drug-likeness (QED) is 0.855.